The van der Waals surface area contributed by atoms with Gasteiger partial charge >= 0.3 is 0 Å². The Morgan fingerprint density at radius 2 is 2.14 bits per heavy atom. The first kappa shape index (κ1) is 12.8. The van der Waals surface area contributed by atoms with Gasteiger partial charge in [-0.3, -0.25) is 9.59 Å². The number of rotatable bonds is 3. The van der Waals surface area contributed by atoms with E-state index in [2.05, 4.69) is 24.8 Å². The van der Waals surface area contributed by atoms with Crippen LogP contribution in [0.5, 0.6) is 0 Å². The molecule has 1 aromatic carbocycles. The van der Waals surface area contributed by atoms with E-state index in [0.29, 0.717) is 6.42 Å². The normalized spacial score (nSPS) is 46.4. The predicted molar refractivity (Wildman–Crippen MR) is 80.4 cm³/mol. The van der Waals surface area contributed by atoms with Crippen LogP contribution < -0.4 is 0 Å². The van der Waals surface area contributed by atoms with Gasteiger partial charge in [-0.2, -0.15) is 0 Å². The van der Waals surface area contributed by atoms with E-state index in [1.54, 1.807) is 7.11 Å². The molecule has 3 heteroatoms. The van der Waals surface area contributed by atoms with Gasteiger partial charge < -0.3 is 4.74 Å². The van der Waals surface area contributed by atoms with E-state index in [1.807, 2.05) is 12.1 Å². The maximum absolute atomic E-state index is 13.0. The molecule has 4 bridgehead atoms. The van der Waals surface area contributed by atoms with E-state index in [9.17, 15) is 9.59 Å². The maximum atomic E-state index is 13.0. The monoisotopic (exact) mass is 294 g/mol. The number of hydrogen-bond acceptors (Lipinski definition) is 3. The van der Waals surface area contributed by atoms with Gasteiger partial charge in [0.05, 0.1) is 11.8 Å². The summed E-state index contributed by atoms with van der Waals surface area (Å²) >= 11 is 0. The smallest absolute Gasteiger partial charge is 0.176 e. The largest absolute Gasteiger partial charge is 0.369 e. The van der Waals surface area contributed by atoms with E-state index >= 15 is 0 Å². The molecule has 0 amide bonds. The number of ether oxygens (including phenoxy) is 1. The van der Waals surface area contributed by atoms with Crippen LogP contribution in [0.3, 0.4) is 0 Å². The Bertz CT molecular complexity index is 751. The van der Waals surface area contributed by atoms with Crippen molar-refractivity contribution < 1.29 is 14.3 Å². The summed E-state index contributed by atoms with van der Waals surface area (Å²) in [5.74, 6) is -0.156. The van der Waals surface area contributed by atoms with Gasteiger partial charge in [-0.25, -0.2) is 0 Å². The third kappa shape index (κ3) is 0.960. The van der Waals surface area contributed by atoms with Crippen molar-refractivity contribution in [3.8, 4) is 0 Å². The third-order valence-electron chi connectivity index (χ3n) is 6.83. The average molecular weight is 294 g/mol. The van der Waals surface area contributed by atoms with Crippen LogP contribution in [0.4, 0.5) is 0 Å². The van der Waals surface area contributed by atoms with Crippen molar-refractivity contribution in [2.24, 2.45) is 23.2 Å². The van der Waals surface area contributed by atoms with E-state index in [1.165, 1.54) is 11.1 Å². The molecule has 0 radical (unpaired) electrons. The first-order chi connectivity index (χ1) is 10.6. The van der Waals surface area contributed by atoms with Crippen LogP contribution in [0, 0.1) is 23.2 Å². The molecule has 0 unspecified atom stereocenters. The highest BCUT2D eigenvalue weighted by Gasteiger charge is 2.94. The Balaban J connectivity index is 1.78. The zero-order valence-electron chi connectivity index (χ0n) is 12.5. The van der Waals surface area contributed by atoms with Crippen LogP contribution in [0.2, 0.25) is 0 Å². The molecule has 1 aromatic rings. The molecule has 6 rings (SSSR count). The molecule has 5 aliphatic carbocycles. The lowest BCUT2D eigenvalue weighted by Crippen LogP contribution is -2.50. The lowest BCUT2D eigenvalue weighted by Gasteiger charge is -2.43. The SMILES string of the molecule is C=CC[C@]12[C@@H]3c4ccccc4C[C@@H]3[C@H]3C(=O)[C@@H]1[C@@]2(OC)C3=O. The number of methoxy groups -OCH3 is 1. The molecule has 4 saturated carbocycles. The van der Waals surface area contributed by atoms with Crippen molar-refractivity contribution in [3.05, 3.63) is 48.0 Å². The summed E-state index contributed by atoms with van der Waals surface area (Å²) in [7, 11) is 1.59. The number of Topliss-reactive ketones (excluding diaryl/α,β-unsaturated/α-hetero) is 2. The summed E-state index contributed by atoms with van der Waals surface area (Å²) in [5.41, 5.74) is 1.36. The molecule has 0 saturated heterocycles. The Labute approximate surface area is 129 Å². The molecule has 22 heavy (non-hydrogen) atoms. The molecule has 0 N–H and O–H groups in total. The standard InChI is InChI=1S/C19H18O3/c1-3-8-18-14-11-7-5-4-6-10(11)9-12(14)13-15(20)16(18)19(18,22-2)17(13)21/h3-7,12-14,16H,1,8-9H2,2H3/t12-,13+,14-,16+,18+,19-/m1/s1. The second kappa shape index (κ2) is 3.60. The van der Waals surface area contributed by atoms with Crippen LogP contribution in [0.15, 0.2) is 36.9 Å². The van der Waals surface area contributed by atoms with E-state index < -0.39 is 11.5 Å². The third-order valence-corrected chi connectivity index (χ3v) is 6.83. The molecule has 5 aliphatic rings. The van der Waals surface area contributed by atoms with Crippen LogP contribution in [0.25, 0.3) is 0 Å². The van der Waals surface area contributed by atoms with E-state index in [0.717, 1.165) is 6.42 Å². The minimum atomic E-state index is -0.873. The Hall–Kier alpha value is -1.74. The molecule has 0 aromatic heterocycles. The van der Waals surface area contributed by atoms with Gasteiger partial charge in [-0.15, -0.1) is 6.58 Å². The van der Waals surface area contributed by atoms with E-state index in [-0.39, 0.29) is 34.7 Å². The Morgan fingerprint density at radius 3 is 2.82 bits per heavy atom. The lowest BCUT2D eigenvalue weighted by molar-refractivity contribution is -0.148. The molecule has 0 aliphatic heterocycles. The number of hydrogen-bond donors (Lipinski definition) is 0. The molecule has 4 fully saturated rings. The highest BCUT2D eigenvalue weighted by Crippen LogP contribution is 2.84. The van der Waals surface area contributed by atoms with Crippen LogP contribution in [0.1, 0.15) is 23.5 Å². The van der Waals surface area contributed by atoms with Crippen LogP contribution >= 0.6 is 0 Å². The zero-order chi connectivity index (χ0) is 15.3. The number of allylic oxidation sites excluding steroid dienone is 1. The van der Waals surface area contributed by atoms with Gasteiger partial charge in [-0.1, -0.05) is 30.3 Å². The zero-order valence-corrected chi connectivity index (χ0v) is 12.5. The van der Waals surface area contributed by atoms with Gasteiger partial charge in [0.1, 0.15) is 5.60 Å². The number of carbonyl (C=O) groups excluding carboxylic acids is 2. The number of fused-ring (bicyclic) bond motifs is 1. The van der Waals surface area contributed by atoms with Crippen molar-refractivity contribution in [3.63, 3.8) is 0 Å². The highest BCUT2D eigenvalue weighted by atomic mass is 16.5. The highest BCUT2D eigenvalue weighted by molar-refractivity contribution is 6.22. The summed E-state index contributed by atoms with van der Waals surface area (Å²) in [6.45, 7) is 3.89. The summed E-state index contributed by atoms with van der Waals surface area (Å²) in [6.07, 6.45) is 3.37. The lowest BCUT2D eigenvalue weighted by atomic mass is 9.59. The first-order valence-corrected chi connectivity index (χ1v) is 7.97. The number of carbonyl (C=O) groups is 2. The number of ketones is 2. The summed E-state index contributed by atoms with van der Waals surface area (Å²) in [4.78, 5) is 25.8. The molecular weight excluding hydrogens is 276 g/mol. The van der Waals surface area contributed by atoms with Crippen molar-refractivity contribution in [1.82, 2.24) is 0 Å². The maximum Gasteiger partial charge on any atom is 0.176 e. The van der Waals surface area contributed by atoms with Gasteiger partial charge in [0.15, 0.2) is 11.6 Å². The van der Waals surface area contributed by atoms with Crippen LogP contribution in [-0.2, 0) is 20.7 Å². The van der Waals surface area contributed by atoms with Gasteiger partial charge in [0, 0.05) is 12.5 Å². The van der Waals surface area contributed by atoms with Crippen molar-refractivity contribution in [2.45, 2.75) is 24.4 Å². The fourth-order valence-corrected chi connectivity index (χ4v) is 6.35. The average Bonchev–Trinajstić information content (AvgIpc) is 2.82. The molecule has 3 nitrogen and oxygen atoms in total. The van der Waals surface area contributed by atoms with Crippen molar-refractivity contribution in [2.75, 3.05) is 7.11 Å². The summed E-state index contributed by atoms with van der Waals surface area (Å²) in [6, 6.07) is 8.41. The minimum Gasteiger partial charge on any atom is -0.369 e. The van der Waals surface area contributed by atoms with Crippen molar-refractivity contribution >= 4 is 11.6 Å². The van der Waals surface area contributed by atoms with Gasteiger partial charge in [-0.05, 0) is 35.8 Å². The summed E-state index contributed by atoms with van der Waals surface area (Å²) < 4.78 is 5.75. The molecule has 0 spiro atoms. The second-order valence-electron chi connectivity index (χ2n) is 7.19. The fourth-order valence-electron chi connectivity index (χ4n) is 6.35. The van der Waals surface area contributed by atoms with E-state index in [4.69, 9.17) is 4.74 Å². The number of benzene rings is 1. The molecule has 6 atom stereocenters. The minimum absolute atomic E-state index is 0.0425. The fraction of sp³-hybridized carbons (Fsp3) is 0.474. The van der Waals surface area contributed by atoms with Crippen molar-refractivity contribution in [1.29, 1.82) is 0 Å². The molecule has 0 heterocycles. The topological polar surface area (TPSA) is 43.4 Å². The quantitative estimate of drug-likeness (QED) is 0.634. The van der Waals surface area contributed by atoms with Gasteiger partial charge in [0.25, 0.3) is 0 Å². The van der Waals surface area contributed by atoms with Gasteiger partial charge in [0.2, 0.25) is 0 Å². The summed E-state index contributed by atoms with van der Waals surface area (Å²) in [5, 5.41) is 0. The predicted octanol–water partition coefficient (Wildman–Crippen LogP) is 2.30. The molecule has 112 valence electrons. The molecular formula is C19H18O3. The Morgan fingerprint density at radius 1 is 1.36 bits per heavy atom. The van der Waals surface area contributed by atoms with Crippen LogP contribution in [-0.4, -0.2) is 24.3 Å². The second-order valence-corrected chi connectivity index (χ2v) is 7.19. The first-order valence-electron chi connectivity index (χ1n) is 7.97. The Kier molecular flexibility index (Phi) is 2.09.